The van der Waals surface area contributed by atoms with Crippen LogP contribution >= 0.6 is 0 Å². The van der Waals surface area contributed by atoms with Crippen LogP contribution in [-0.2, 0) is 9.53 Å². The maximum absolute atomic E-state index is 11.6. The number of carbonyl (C=O) groups excluding carboxylic acids is 1. The Kier molecular flexibility index (Phi) is 4.54. The van der Waals surface area contributed by atoms with E-state index in [0.29, 0.717) is 5.57 Å². The van der Waals surface area contributed by atoms with Crippen molar-refractivity contribution in [3.8, 4) is 0 Å². The highest BCUT2D eigenvalue weighted by Gasteiger charge is 2.11. The number of nitrogens with zero attached hydrogens (tertiary/aromatic N) is 1. The van der Waals surface area contributed by atoms with E-state index in [1.165, 1.54) is 7.11 Å². The third-order valence-electron chi connectivity index (χ3n) is 1.96. The van der Waals surface area contributed by atoms with Crippen LogP contribution in [0.15, 0.2) is 36.5 Å². The zero-order chi connectivity index (χ0) is 12.0. The Morgan fingerprint density at radius 1 is 1.31 bits per heavy atom. The first kappa shape index (κ1) is 12.3. The van der Waals surface area contributed by atoms with Gasteiger partial charge in [-0.25, -0.2) is 9.80 Å². The first-order valence-electron chi connectivity index (χ1n) is 4.92. The van der Waals surface area contributed by atoms with Gasteiger partial charge in [0.25, 0.3) is 0 Å². The van der Waals surface area contributed by atoms with Gasteiger partial charge in [-0.05, 0) is 5.56 Å². The van der Waals surface area contributed by atoms with E-state index in [4.69, 9.17) is 4.74 Å². The van der Waals surface area contributed by atoms with Gasteiger partial charge in [-0.3, -0.25) is 0 Å². The fraction of sp³-hybridized carbons (Fsp3) is 0.250. The summed E-state index contributed by atoms with van der Waals surface area (Å²) in [4.78, 5) is 11.6. The fourth-order valence-corrected chi connectivity index (χ4v) is 1.18. The molecule has 4 nitrogen and oxygen atoms in total. The molecule has 0 saturated carbocycles. The van der Waals surface area contributed by atoms with E-state index in [-0.39, 0.29) is 5.97 Å². The van der Waals surface area contributed by atoms with Gasteiger partial charge in [-0.2, -0.15) is 0 Å². The number of hydrogen-bond donors (Lipinski definition) is 1. The molecule has 0 radical (unpaired) electrons. The number of nitrogens with one attached hydrogen (secondary N) is 1. The van der Waals surface area contributed by atoms with Crippen molar-refractivity contribution in [1.82, 2.24) is 10.4 Å². The quantitative estimate of drug-likeness (QED) is 0.471. The number of carbonyl (C=O) groups is 1. The summed E-state index contributed by atoms with van der Waals surface area (Å²) in [5.41, 5.74) is 4.25. The zero-order valence-corrected chi connectivity index (χ0v) is 9.73. The smallest absolute Gasteiger partial charge is 0.339 e. The van der Waals surface area contributed by atoms with Crippen molar-refractivity contribution in [2.45, 2.75) is 0 Å². The van der Waals surface area contributed by atoms with Crippen molar-refractivity contribution in [3.63, 3.8) is 0 Å². The second-order valence-electron chi connectivity index (χ2n) is 3.44. The van der Waals surface area contributed by atoms with E-state index in [1.807, 2.05) is 44.4 Å². The predicted octanol–water partition coefficient (Wildman–Crippen LogP) is 1.27. The maximum Gasteiger partial charge on any atom is 0.339 e. The van der Waals surface area contributed by atoms with Crippen LogP contribution in [0.1, 0.15) is 5.56 Å². The molecule has 0 bridgehead atoms. The van der Waals surface area contributed by atoms with Gasteiger partial charge >= 0.3 is 5.97 Å². The molecule has 0 heterocycles. The standard InChI is InChI=1S/C12H16N2O2/c1-14(2)13-9-11(12(15)16-3)10-7-5-4-6-8-10/h4-9,13H,1-3H3/b11-9-. The molecule has 86 valence electrons. The average Bonchev–Trinajstić information content (AvgIpc) is 2.30. The van der Waals surface area contributed by atoms with Crippen molar-refractivity contribution in [1.29, 1.82) is 0 Å². The molecule has 16 heavy (non-hydrogen) atoms. The first-order valence-corrected chi connectivity index (χ1v) is 4.92. The van der Waals surface area contributed by atoms with Crippen LogP contribution in [0.5, 0.6) is 0 Å². The second kappa shape index (κ2) is 5.92. The molecular formula is C12H16N2O2. The molecule has 0 aromatic heterocycles. The fourth-order valence-electron chi connectivity index (χ4n) is 1.18. The molecule has 0 aliphatic carbocycles. The predicted molar refractivity (Wildman–Crippen MR) is 63.3 cm³/mol. The molecule has 0 fully saturated rings. The lowest BCUT2D eigenvalue weighted by Crippen LogP contribution is -2.26. The Morgan fingerprint density at radius 2 is 1.94 bits per heavy atom. The Balaban J connectivity index is 2.97. The average molecular weight is 220 g/mol. The lowest BCUT2D eigenvalue weighted by molar-refractivity contribution is -0.133. The highest BCUT2D eigenvalue weighted by molar-refractivity contribution is 6.16. The van der Waals surface area contributed by atoms with Gasteiger partial charge in [0.2, 0.25) is 0 Å². The van der Waals surface area contributed by atoms with Crippen LogP contribution < -0.4 is 5.43 Å². The van der Waals surface area contributed by atoms with Crippen molar-refractivity contribution in [3.05, 3.63) is 42.1 Å². The topological polar surface area (TPSA) is 41.6 Å². The van der Waals surface area contributed by atoms with E-state index in [0.717, 1.165) is 5.56 Å². The van der Waals surface area contributed by atoms with E-state index in [1.54, 1.807) is 11.2 Å². The largest absolute Gasteiger partial charge is 0.465 e. The Labute approximate surface area is 95.5 Å². The summed E-state index contributed by atoms with van der Waals surface area (Å²) >= 11 is 0. The molecule has 0 aliphatic heterocycles. The Bertz CT molecular complexity index is 372. The normalized spacial score (nSPS) is 11.4. The van der Waals surface area contributed by atoms with Gasteiger partial charge in [0.1, 0.15) is 0 Å². The summed E-state index contributed by atoms with van der Waals surface area (Å²) < 4.78 is 4.73. The number of hydrazine groups is 1. The lowest BCUT2D eigenvalue weighted by atomic mass is 10.1. The van der Waals surface area contributed by atoms with Crippen LogP contribution in [-0.4, -0.2) is 32.2 Å². The maximum atomic E-state index is 11.6. The third kappa shape index (κ3) is 3.40. The Morgan fingerprint density at radius 3 is 2.44 bits per heavy atom. The molecule has 0 saturated heterocycles. The lowest BCUT2D eigenvalue weighted by Gasteiger charge is -2.11. The second-order valence-corrected chi connectivity index (χ2v) is 3.44. The van der Waals surface area contributed by atoms with E-state index in [2.05, 4.69) is 5.43 Å². The summed E-state index contributed by atoms with van der Waals surface area (Å²) in [5.74, 6) is -0.361. The van der Waals surface area contributed by atoms with Crippen molar-refractivity contribution < 1.29 is 9.53 Å². The summed E-state index contributed by atoms with van der Waals surface area (Å²) in [6.45, 7) is 0. The number of hydrogen-bond acceptors (Lipinski definition) is 4. The number of methoxy groups -OCH3 is 1. The number of benzene rings is 1. The minimum absolute atomic E-state index is 0.361. The van der Waals surface area contributed by atoms with Crippen molar-refractivity contribution in [2.24, 2.45) is 0 Å². The van der Waals surface area contributed by atoms with Crippen LogP contribution in [0.4, 0.5) is 0 Å². The molecule has 4 heteroatoms. The summed E-state index contributed by atoms with van der Waals surface area (Å²) in [5, 5.41) is 1.74. The van der Waals surface area contributed by atoms with Crippen LogP contribution in [0, 0.1) is 0 Å². The summed E-state index contributed by atoms with van der Waals surface area (Å²) in [6, 6.07) is 9.38. The first-order chi connectivity index (χ1) is 7.65. The van der Waals surface area contributed by atoms with Crippen molar-refractivity contribution in [2.75, 3.05) is 21.2 Å². The van der Waals surface area contributed by atoms with Crippen LogP contribution in [0.2, 0.25) is 0 Å². The van der Waals surface area contributed by atoms with Crippen LogP contribution in [0.25, 0.3) is 5.57 Å². The minimum atomic E-state index is -0.361. The highest BCUT2D eigenvalue weighted by Crippen LogP contribution is 2.14. The van der Waals surface area contributed by atoms with E-state index >= 15 is 0 Å². The molecular weight excluding hydrogens is 204 g/mol. The summed E-state index contributed by atoms with van der Waals surface area (Å²) in [7, 11) is 5.06. The highest BCUT2D eigenvalue weighted by atomic mass is 16.5. The third-order valence-corrected chi connectivity index (χ3v) is 1.96. The molecule has 0 spiro atoms. The molecule has 1 aromatic rings. The van der Waals surface area contributed by atoms with Gasteiger partial charge in [0, 0.05) is 20.3 Å². The Hall–Kier alpha value is -1.81. The van der Waals surface area contributed by atoms with Gasteiger partial charge in [0.15, 0.2) is 0 Å². The van der Waals surface area contributed by atoms with Gasteiger partial charge in [-0.15, -0.1) is 0 Å². The number of esters is 1. The molecule has 0 atom stereocenters. The number of rotatable bonds is 4. The number of ether oxygens (including phenoxy) is 1. The molecule has 1 N–H and O–H groups in total. The van der Waals surface area contributed by atoms with E-state index in [9.17, 15) is 4.79 Å². The van der Waals surface area contributed by atoms with Gasteiger partial charge in [-0.1, -0.05) is 30.3 Å². The molecule has 0 aliphatic rings. The molecule has 0 unspecified atom stereocenters. The van der Waals surface area contributed by atoms with Gasteiger partial charge < -0.3 is 10.2 Å². The molecule has 1 rings (SSSR count). The monoisotopic (exact) mass is 220 g/mol. The summed E-state index contributed by atoms with van der Waals surface area (Å²) in [6.07, 6.45) is 1.63. The zero-order valence-electron chi connectivity index (χ0n) is 9.73. The minimum Gasteiger partial charge on any atom is -0.465 e. The molecule has 0 amide bonds. The molecule has 1 aromatic carbocycles. The van der Waals surface area contributed by atoms with Gasteiger partial charge in [0.05, 0.1) is 12.7 Å². The van der Waals surface area contributed by atoms with Crippen molar-refractivity contribution >= 4 is 11.5 Å². The van der Waals surface area contributed by atoms with E-state index < -0.39 is 0 Å². The van der Waals surface area contributed by atoms with Crippen LogP contribution in [0.3, 0.4) is 0 Å². The SMILES string of the molecule is COC(=O)/C(=C\NN(C)C)c1ccccc1.